The predicted molar refractivity (Wildman–Crippen MR) is 93.8 cm³/mol. The third kappa shape index (κ3) is 3.34. The van der Waals surface area contributed by atoms with E-state index < -0.39 is 5.91 Å². The lowest BCUT2D eigenvalue weighted by atomic mass is 10.3. The monoisotopic (exact) mass is 357 g/mol. The molecule has 0 saturated carbocycles. The van der Waals surface area contributed by atoms with Gasteiger partial charge in [0.25, 0.3) is 11.5 Å². The SMILES string of the molecule is CCc1cc(=O)[nH]c(-n2nc(C)cc2NC(=O)c2cn(C)nc2OC)n1. The number of methoxy groups -OCH3 is 1. The Morgan fingerprint density at radius 1 is 1.35 bits per heavy atom. The van der Waals surface area contributed by atoms with Crippen LogP contribution in [0, 0.1) is 6.92 Å². The second kappa shape index (κ2) is 6.82. The summed E-state index contributed by atoms with van der Waals surface area (Å²) < 4.78 is 7.99. The maximum Gasteiger partial charge on any atom is 0.263 e. The molecule has 0 aliphatic heterocycles. The van der Waals surface area contributed by atoms with Crippen molar-refractivity contribution in [3.8, 4) is 11.8 Å². The van der Waals surface area contributed by atoms with Gasteiger partial charge in [-0.15, -0.1) is 5.10 Å². The largest absolute Gasteiger partial charge is 0.479 e. The number of amides is 1. The van der Waals surface area contributed by atoms with Crippen LogP contribution in [0.15, 0.2) is 23.1 Å². The first kappa shape index (κ1) is 17.4. The molecule has 0 aliphatic carbocycles. The van der Waals surface area contributed by atoms with Crippen LogP contribution in [0.2, 0.25) is 0 Å². The summed E-state index contributed by atoms with van der Waals surface area (Å²) in [6, 6.07) is 3.11. The molecule has 0 aliphatic rings. The van der Waals surface area contributed by atoms with Crippen LogP contribution < -0.4 is 15.6 Å². The Labute approximate surface area is 148 Å². The molecule has 0 unspecified atom stereocenters. The predicted octanol–water partition coefficient (Wildman–Crippen LogP) is 0.821. The molecule has 3 heterocycles. The molecule has 1 amide bonds. The summed E-state index contributed by atoms with van der Waals surface area (Å²) in [5.41, 5.74) is 1.28. The lowest BCUT2D eigenvalue weighted by Crippen LogP contribution is -2.19. The van der Waals surface area contributed by atoms with Gasteiger partial charge in [0.2, 0.25) is 11.8 Å². The average molecular weight is 357 g/mol. The standard InChI is InChI=1S/C16H19N7O3/c1-5-10-7-13(24)19-16(17-10)23-12(6-9(2)20-23)18-14(25)11-8-22(3)21-15(11)26-4/h6-8H,5H2,1-4H3,(H,18,25)(H,17,19,24). The zero-order valence-electron chi connectivity index (χ0n) is 14.9. The van der Waals surface area contributed by atoms with Crippen LogP contribution >= 0.6 is 0 Å². The minimum atomic E-state index is -0.412. The zero-order chi connectivity index (χ0) is 18.8. The highest BCUT2D eigenvalue weighted by molar-refractivity contribution is 6.05. The van der Waals surface area contributed by atoms with Crippen molar-refractivity contribution >= 4 is 11.7 Å². The van der Waals surface area contributed by atoms with Crippen molar-refractivity contribution in [2.45, 2.75) is 20.3 Å². The van der Waals surface area contributed by atoms with Gasteiger partial charge in [-0.2, -0.15) is 9.78 Å². The van der Waals surface area contributed by atoms with Gasteiger partial charge < -0.3 is 10.1 Å². The fourth-order valence-electron chi connectivity index (χ4n) is 2.48. The number of aromatic nitrogens is 6. The number of hydrogen-bond donors (Lipinski definition) is 2. The summed E-state index contributed by atoms with van der Waals surface area (Å²) in [6.45, 7) is 3.68. The van der Waals surface area contributed by atoms with E-state index in [4.69, 9.17) is 4.74 Å². The van der Waals surface area contributed by atoms with Gasteiger partial charge in [-0.25, -0.2) is 4.98 Å². The number of hydrogen-bond acceptors (Lipinski definition) is 6. The molecule has 0 atom stereocenters. The Kier molecular flexibility index (Phi) is 4.57. The van der Waals surface area contributed by atoms with E-state index in [-0.39, 0.29) is 23.0 Å². The molecule has 0 bridgehead atoms. The molecule has 3 aromatic heterocycles. The summed E-state index contributed by atoms with van der Waals surface area (Å²) in [5, 5.41) is 11.1. The maximum atomic E-state index is 12.6. The average Bonchev–Trinajstić information content (AvgIpc) is 3.16. The third-order valence-corrected chi connectivity index (χ3v) is 3.65. The van der Waals surface area contributed by atoms with Crippen molar-refractivity contribution in [3.63, 3.8) is 0 Å². The maximum absolute atomic E-state index is 12.6. The number of ether oxygens (including phenoxy) is 1. The molecule has 10 nitrogen and oxygen atoms in total. The number of carbonyl (C=O) groups is 1. The number of anilines is 1. The van der Waals surface area contributed by atoms with E-state index in [1.807, 2.05) is 6.92 Å². The normalized spacial score (nSPS) is 10.8. The Hall–Kier alpha value is -3.43. The topological polar surface area (TPSA) is 120 Å². The minimum Gasteiger partial charge on any atom is -0.479 e. The van der Waals surface area contributed by atoms with Crippen molar-refractivity contribution in [1.82, 2.24) is 29.5 Å². The lowest BCUT2D eigenvalue weighted by molar-refractivity contribution is 0.102. The van der Waals surface area contributed by atoms with Gasteiger partial charge in [-0.3, -0.25) is 19.3 Å². The highest BCUT2D eigenvalue weighted by Crippen LogP contribution is 2.19. The molecule has 2 N–H and O–H groups in total. The molecular formula is C16H19N7O3. The summed E-state index contributed by atoms with van der Waals surface area (Å²) in [4.78, 5) is 31.5. The molecule has 0 spiro atoms. The van der Waals surface area contributed by atoms with E-state index in [2.05, 4.69) is 25.5 Å². The molecule has 10 heteroatoms. The van der Waals surface area contributed by atoms with Gasteiger partial charge in [0.05, 0.1) is 12.8 Å². The van der Waals surface area contributed by atoms with E-state index in [1.54, 1.807) is 26.2 Å². The van der Waals surface area contributed by atoms with Crippen LogP contribution in [0.5, 0.6) is 5.88 Å². The molecule has 0 fully saturated rings. The summed E-state index contributed by atoms with van der Waals surface area (Å²) in [7, 11) is 3.14. The molecule has 0 radical (unpaired) electrons. The molecule has 26 heavy (non-hydrogen) atoms. The van der Waals surface area contributed by atoms with E-state index in [0.29, 0.717) is 23.6 Å². The van der Waals surface area contributed by atoms with Crippen LogP contribution in [-0.4, -0.2) is 42.5 Å². The smallest absolute Gasteiger partial charge is 0.263 e. The molecule has 136 valence electrons. The van der Waals surface area contributed by atoms with E-state index in [0.717, 1.165) is 0 Å². The highest BCUT2D eigenvalue weighted by atomic mass is 16.5. The van der Waals surface area contributed by atoms with Gasteiger partial charge in [0.15, 0.2) is 0 Å². The van der Waals surface area contributed by atoms with Crippen molar-refractivity contribution in [3.05, 3.63) is 45.6 Å². The number of nitrogens with zero attached hydrogens (tertiary/aromatic N) is 5. The van der Waals surface area contributed by atoms with Crippen molar-refractivity contribution < 1.29 is 9.53 Å². The first-order chi connectivity index (χ1) is 12.4. The van der Waals surface area contributed by atoms with Gasteiger partial charge >= 0.3 is 0 Å². The molecule has 3 aromatic rings. The number of aromatic amines is 1. The van der Waals surface area contributed by atoms with Crippen LogP contribution in [0.3, 0.4) is 0 Å². The van der Waals surface area contributed by atoms with Gasteiger partial charge in [0.1, 0.15) is 11.4 Å². The molecular weight excluding hydrogens is 338 g/mol. The number of carbonyl (C=O) groups excluding carboxylic acids is 1. The zero-order valence-corrected chi connectivity index (χ0v) is 14.9. The first-order valence-corrected chi connectivity index (χ1v) is 7.97. The van der Waals surface area contributed by atoms with E-state index in [1.165, 1.54) is 22.5 Å². The fourth-order valence-corrected chi connectivity index (χ4v) is 2.48. The van der Waals surface area contributed by atoms with Crippen molar-refractivity contribution in [1.29, 1.82) is 0 Å². The third-order valence-electron chi connectivity index (χ3n) is 3.65. The Bertz CT molecular complexity index is 1020. The van der Waals surface area contributed by atoms with Gasteiger partial charge in [-0.05, 0) is 13.3 Å². The fraction of sp³-hybridized carbons (Fsp3) is 0.312. The van der Waals surface area contributed by atoms with Crippen LogP contribution in [0.25, 0.3) is 5.95 Å². The van der Waals surface area contributed by atoms with Crippen molar-refractivity contribution in [2.24, 2.45) is 7.05 Å². The lowest BCUT2D eigenvalue weighted by Gasteiger charge is -2.08. The van der Waals surface area contributed by atoms with Crippen LogP contribution in [0.4, 0.5) is 5.82 Å². The number of H-pyrrole nitrogens is 1. The van der Waals surface area contributed by atoms with Crippen LogP contribution in [0.1, 0.15) is 28.7 Å². The summed E-state index contributed by atoms with van der Waals surface area (Å²) in [6.07, 6.45) is 2.16. The summed E-state index contributed by atoms with van der Waals surface area (Å²) in [5.74, 6) is 0.406. The second-order valence-corrected chi connectivity index (χ2v) is 5.68. The van der Waals surface area contributed by atoms with Gasteiger partial charge in [0, 0.05) is 31.1 Å². The van der Waals surface area contributed by atoms with Crippen LogP contribution in [-0.2, 0) is 13.5 Å². The second-order valence-electron chi connectivity index (χ2n) is 5.68. The molecule has 0 aromatic carbocycles. The molecule has 3 rings (SSSR count). The first-order valence-electron chi connectivity index (χ1n) is 7.97. The number of aryl methyl sites for hydroxylation is 3. The number of nitrogens with one attached hydrogen (secondary N) is 2. The summed E-state index contributed by atoms with van der Waals surface area (Å²) >= 11 is 0. The van der Waals surface area contributed by atoms with E-state index in [9.17, 15) is 9.59 Å². The van der Waals surface area contributed by atoms with Crippen molar-refractivity contribution in [2.75, 3.05) is 12.4 Å². The van der Waals surface area contributed by atoms with Gasteiger partial charge in [-0.1, -0.05) is 6.92 Å². The minimum absolute atomic E-state index is 0.215. The highest BCUT2D eigenvalue weighted by Gasteiger charge is 2.19. The Morgan fingerprint density at radius 2 is 2.12 bits per heavy atom. The Morgan fingerprint density at radius 3 is 2.81 bits per heavy atom. The van der Waals surface area contributed by atoms with E-state index >= 15 is 0 Å². The number of rotatable bonds is 5. The quantitative estimate of drug-likeness (QED) is 0.698. The molecule has 0 saturated heterocycles. The Balaban J connectivity index is 1.99.